The van der Waals surface area contributed by atoms with Crippen LogP contribution in [0.4, 0.5) is 0 Å². The van der Waals surface area contributed by atoms with E-state index in [2.05, 4.69) is 0 Å². The Hall–Kier alpha value is -3.27. The van der Waals surface area contributed by atoms with Crippen LogP contribution >= 0.6 is 0 Å². The van der Waals surface area contributed by atoms with Crippen LogP contribution in [-0.4, -0.2) is 10.9 Å². The van der Waals surface area contributed by atoms with Crippen molar-refractivity contribution in [3.8, 4) is 23.0 Å². The van der Waals surface area contributed by atoms with Gasteiger partial charge in [0.05, 0.1) is 5.56 Å². The fraction of sp³-hybridized carbons (Fsp3) is 0.0500. The number of phenols is 1. The van der Waals surface area contributed by atoms with Gasteiger partial charge in [0, 0.05) is 11.6 Å². The summed E-state index contributed by atoms with van der Waals surface area (Å²) in [5, 5.41) is 9.54. The van der Waals surface area contributed by atoms with E-state index in [-0.39, 0.29) is 11.5 Å². The number of Topliss-reactive ketones (excluding diaryl/α,β-unsaturated/α-hetero) is 1. The minimum atomic E-state index is -0.721. The smallest absolute Gasteiger partial charge is 0.211 e. The van der Waals surface area contributed by atoms with Crippen molar-refractivity contribution in [1.29, 1.82) is 0 Å². The van der Waals surface area contributed by atoms with Gasteiger partial charge in [-0.3, -0.25) is 4.79 Å². The average molecular weight is 318 g/mol. The molecule has 1 heterocycles. The lowest BCUT2D eigenvalue weighted by Crippen LogP contribution is -2.10. The summed E-state index contributed by atoms with van der Waals surface area (Å²) in [6, 6.07) is 21.2. The van der Waals surface area contributed by atoms with E-state index < -0.39 is 6.10 Å². The van der Waals surface area contributed by atoms with Crippen LogP contribution in [0.1, 0.15) is 22.0 Å². The van der Waals surface area contributed by atoms with Crippen molar-refractivity contribution < 1.29 is 19.4 Å². The Morgan fingerprint density at radius 3 is 2.50 bits per heavy atom. The molecule has 0 radical (unpaired) electrons. The van der Waals surface area contributed by atoms with Crippen molar-refractivity contribution in [2.24, 2.45) is 0 Å². The fourth-order valence-corrected chi connectivity index (χ4v) is 2.72. The van der Waals surface area contributed by atoms with E-state index in [1.807, 2.05) is 48.5 Å². The Labute approximate surface area is 138 Å². The van der Waals surface area contributed by atoms with Gasteiger partial charge in [-0.25, -0.2) is 0 Å². The molecule has 1 aliphatic heterocycles. The van der Waals surface area contributed by atoms with E-state index in [9.17, 15) is 9.90 Å². The lowest BCUT2D eigenvalue weighted by atomic mass is 10.0. The third kappa shape index (κ3) is 2.58. The van der Waals surface area contributed by atoms with Crippen LogP contribution in [0, 0.1) is 0 Å². The highest BCUT2D eigenvalue weighted by Gasteiger charge is 2.34. The fourth-order valence-electron chi connectivity index (χ4n) is 2.72. The van der Waals surface area contributed by atoms with E-state index >= 15 is 0 Å². The first-order valence-electron chi connectivity index (χ1n) is 7.57. The van der Waals surface area contributed by atoms with Crippen LogP contribution in [-0.2, 0) is 0 Å². The summed E-state index contributed by atoms with van der Waals surface area (Å²) in [7, 11) is 0. The Morgan fingerprint density at radius 1 is 0.875 bits per heavy atom. The lowest BCUT2D eigenvalue weighted by Gasteiger charge is -2.12. The molecule has 4 nitrogen and oxygen atoms in total. The van der Waals surface area contributed by atoms with Crippen molar-refractivity contribution in [3.63, 3.8) is 0 Å². The van der Waals surface area contributed by atoms with Gasteiger partial charge in [-0.2, -0.15) is 0 Å². The number of para-hydroxylation sites is 1. The summed E-state index contributed by atoms with van der Waals surface area (Å²) in [6.07, 6.45) is -0.721. The third-order valence-electron chi connectivity index (χ3n) is 3.85. The monoisotopic (exact) mass is 318 g/mol. The predicted octanol–water partition coefficient (Wildman–Crippen LogP) is 4.50. The molecule has 3 aromatic carbocycles. The lowest BCUT2D eigenvalue weighted by molar-refractivity contribution is 0.0858. The molecular formula is C20H14O4. The highest BCUT2D eigenvalue weighted by atomic mass is 16.5. The Balaban J connectivity index is 1.62. The number of phenolic OH excluding ortho intramolecular Hbond substituents is 1. The normalized spacial score (nSPS) is 15.7. The van der Waals surface area contributed by atoms with Gasteiger partial charge in [0.25, 0.3) is 0 Å². The molecule has 0 amide bonds. The van der Waals surface area contributed by atoms with Gasteiger partial charge in [0.2, 0.25) is 5.78 Å². The first-order valence-corrected chi connectivity index (χ1v) is 7.57. The number of rotatable bonds is 3. The highest BCUT2D eigenvalue weighted by Crippen LogP contribution is 2.39. The predicted molar refractivity (Wildman–Crippen MR) is 88.8 cm³/mol. The zero-order valence-corrected chi connectivity index (χ0v) is 12.7. The summed E-state index contributed by atoms with van der Waals surface area (Å²) in [5.41, 5.74) is 1.19. The van der Waals surface area contributed by atoms with Crippen molar-refractivity contribution in [3.05, 3.63) is 83.9 Å². The number of hydrogen-bond donors (Lipinski definition) is 1. The Kier molecular flexibility index (Phi) is 3.43. The molecule has 0 saturated heterocycles. The van der Waals surface area contributed by atoms with Gasteiger partial charge in [0.1, 0.15) is 23.0 Å². The van der Waals surface area contributed by atoms with Crippen molar-refractivity contribution in [2.45, 2.75) is 6.10 Å². The second-order valence-electron chi connectivity index (χ2n) is 5.53. The van der Waals surface area contributed by atoms with Gasteiger partial charge >= 0.3 is 0 Å². The van der Waals surface area contributed by atoms with Crippen LogP contribution in [0.5, 0.6) is 23.0 Å². The SMILES string of the molecule is O=C1c2ccc(O)cc2OC1c1cccc(Oc2ccccc2)c1. The number of ketones is 1. The van der Waals surface area contributed by atoms with Crippen molar-refractivity contribution in [2.75, 3.05) is 0 Å². The van der Waals surface area contributed by atoms with E-state index in [0.29, 0.717) is 22.6 Å². The molecule has 0 spiro atoms. The second-order valence-corrected chi connectivity index (χ2v) is 5.53. The summed E-state index contributed by atoms with van der Waals surface area (Å²) in [4.78, 5) is 12.5. The van der Waals surface area contributed by atoms with Crippen LogP contribution in [0.15, 0.2) is 72.8 Å². The first-order chi connectivity index (χ1) is 11.7. The molecule has 1 atom stereocenters. The minimum Gasteiger partial charge on any atom is -0.508 e. The van der Waals surface area contributed by atoms with Gasteiger partial charge in [-0.1, -0.05) is 30.3 Å². The summed E-state index contributed by atoms with van der Waals surface area (Å²) in [5.74, 6) is 1.71. The second kappa shape index (κ2) is 5.74. The molecule has 4 heteroatoms. The summed E-state index contributed by atoms with van der Waals surface area (Å²) in [6.45, 7) is 0. The standard InChI is InChI=1S/C20H14O4/c21-14-9-10-17-18(12-14)24-20(19(17)22)13-5-4-8-16(11-13)23-15-6-2-1-3-7-15/h1-12,20-21H. The van der Waals surface area contributed by atoms with Crippen LogP contribution < -0.4 is 9.47 Å². The largest absolute Gasteiger partial charge is 0.508 e. The van der Waals surface area contributed by atoms with E-state index in [1.54, 1.807) is 12.1 Å². The number of carbonyl (C=O) groups is 1. The molecule has 0 bridgehead atoms. The molecule has 0 aliphatic carbocycles. The van der Waals surface area contributed by atoms with Gasteiger partial charge in [-0.05, 0) is 36.4 Å². The maximum absolute atomic E-state index is 12.5. The molecule has 1 aliphatic rings. The average Bonchev–Trinajstić information content (AvgIpc) is 2.92. The molecule has 1 unspecified atom stereocenters. The number of aromatic hydroxyl groups is 1. The summed E-state index contributed by atoms with van der Waals surface area (Å²) >= 11 is 0. The van der Waals surface area contributed by atoms with Crippen molar-refractivity contribution >= 4 is 5.78 Å². The number of hydrogen-bond acceptors (Lipinski definition) is 4. The maximum Gasteiger partial charge on any atom is 0.211 e. The van der Waals surface area contributed by atoms with Gasteiger partial charge in [0.15, 0.2) is 6.10 Å². The number of ether oxygens (including phenoxy) is 2. The Bertz CT molecular complexity index is 903. The molecule has 0 aromatic heterocycles. The maximum atomic E-state index is 12.5. The Morgan fingerprint density at radius 2 is 1.67 bits per heavy atom. The van der Waals surface area contributed by atoms with Crippen molar-refractivity contribution in [1.82, 2.24) is 0 Å². The highest BCUT2D eigenvalue weighted by molar-refractivity contribution is 6.05. The summed E-state index contributed by atoms with van der Waals surface area (Å²) < 4.78 is 11.5. The molecule has 0 saturated carbocycles. The number of carbonyl (C=O) groups excluding carboxylic acids is 1. The van der Waals surface area contributed by atoms with Gasteiger partial charge in [-0.15, -0.1) is 0 Å². The molecule has 0 fully saturated rings. The molecule has 24 heavy (non-hydrogen) atoms. The minimum absolute atomic E-state index is 0.0726. The molecule has 3 aromatic rings. The van der Waals surface area contributed by atoms with Crippen LogP contribution in [0.2, 0.25) is 0 Å². The van der Waals surface area contributed by atoms with E-state index in [4.69, 9.17) is 9.47 Å². The molecule has 4 rings (SSSR count). The van der Waals surface area contributed by atoms with E-state index in [0.717, 1.165) is 5.75 Å². The van der Waals surface area contributed by atoms with Crippen LogP contribution in [0.3, 0.4) is 0 Å². The number of benzene rings is 3. The third-order valence-corrected chi connectivity index (χ3v) is 3.85. The first kappa shape index (κ1) is 14.3. The quantitative estimate of drug-likeness (QED) is 0.772. The molecule has 118 valence electrons. The van der Waals surface area contributed by atoms with Crippen LogP contribution in [0.25, 0.3) is 0 Å². The topological polar surface area (TPSA) is 55.8 Å². The zero-order valence-electron chi connectivity index (χ0n) is 12.7. The van der Waals surface area contributed by atoms with Gasteiger partial charge < -0.3 is 14.6 Å². The molecular weight excluding hydrogens is 304 g/mol. The number of fused-ring (bicyclic) bond motifs is 1. The zero-order chi connectivity index (χ0) is 16.5. The molecule has 1 N–H and O–H groups in total. The van der Waals surface area contributed by atoms with E-state index in [1.165, 1.54) is 12.1 Å².